The number of amides is 2. The summed E-state index contributed by atoms with van der Waals surface area (Å²) in [5.41, 5.74) is 0.692. The Kier molecular flexibility index (Phi) is 9.12. The number of rotatable bonds is 8. The molecule has 2 aromatic rings. The lowest BCUT2D eigenvalue weighted by Crippen LogP contribution is -2.54. The minimum atomic E-state index is -3.75. The molecule has 0 aliphatic heterocycles. The largest absolute Gasteiger partial charge is 0.350 e. The monoisotopic (exact) mass is 601 g/mol. The highest BCUT2D eigenvalue weighted by Gasteiger charge is 2.31. The summed E-state index contributed by atoms with van der Waals surface area (Å²) in [5.74, 6) is -0.805. The minimum absolute atomic E-state index is 0.148. The maximum Gasteiger partial charge on any atom is 0.244 e. The summed E-state index contributed by atoms with van der Waals surface area (Å²) >= 11 is 6.75. The molecule has 0 aliphatic rings. The van der Waals surface area contributed by atoms with Gasteiger partial charge in [0.15, 0.2) is 0 Å². The molecule has 10 heteroatoms. The van der Waals surface area contributed by atoms with Crippen molar-refractivity contribution >= 4 is 59.4 Å². The van der Waals surface area contributed by atoms with Gasteiger partial charge >= 0.3 is 0 Å². The van der Waals surface area contributed by atoms with Gasteiger partial charge in [0.25, 0.3) is 0 Å². The maximum absolute atomic E-state index is 13.5. The summed E-state index contributed by atoms with van der Waals surface area (Å²) in [6.07, 6.45) is 1.05. The Bertz CT molecular complexity index is 1100. The van der Waals surface area contributed by atoms with Crippen molar-refractivity contribution in [2.45, 2.75) is 45.8 Å². The lowest BCUT2D eigenvalue weighted by molar-refractivity contribution is -0.140. The van der Waals surface area contributed by atoms with Gasteiger partial charge < -0.3 is 10.2 Å². The fourth-order valence-electron chi connectivity index (χ4n) is 3.11. The smallest absolute Gasteiger partial charge is 0.244 e. The Morgan fingerprint density at radius 2 is 1.64 bits per heavy atom. The fraction of sp³-hybridized carbons (Fsp3) is 0.391. The molecule has 0 saturated heterocycles. The highest BCUT2D eigenvalue weighted by atomic mass is 79.9. The van der Waals surface area contributed by atoms with E-state index in [9.17, 15) is 18.0 Å². The predicted octanol–water partition coefficient (Wildman–Crippen LogP) is 4.31. The van der Waals surface area contributed by atoms with Gasteiger partial charge in [-0.2, -0.15) is 0 Å². The third kappa shape index (κ3) is 8.42. The van der Waals surface area contributed by atoms with Crippen LogP contribution in [0.25, 0.3) is 0 Å². The lowest BCUT2D eigenvalue weighted by atomic mass is 10.1. The van der Waals surface area contributed by atoms with E-state index in [1.807, 2.05) is 45.0 Å². The van der Waals surface area contributed by atoms with E-state index in [1.165, 1.54) is 4.90 Å². The van der Waals surface area contributed by atoms with E-state index in [4.69, 9.17) is 0 Å². The SMILES string of the molecule is CC(C(=O)NC(C)(C)C)N(Cc1cccc(Br)c1)C(=O)CN(c1ccc(Br)cc1)S(C)(=O)=O. The van der Waals surface area contributed by atoms with Crippen LogP contribution in [0.3, 0.4) is 0 Å². The van der Waals surface area contributed by atoms with Crippen LogP contribution in [0.15, 0.2) is 57.5 Å². The summed E-state index contributed by atoms with van der Waals surface area (Å²) in [6, 6.07) is 13.2. The number of carbonyl (C=O) groups excluding carboxylic acids is 2. The van der Waals surface area contributed by atoms with Gasteiger partial charge in [-0.1, -0.05) is 44.0 Å². The molecule has 0 fully saturated rings. The predicted molar refractivity (Wildman–Crippen MR) is 138 cm³/mol. The molecular formula is C23H29Br2N3O4S. The zero-order valence-electron chi connectivity index (χ0n) is 19.3. The molecule has 2 rings (SSSR count). The molecule has 0 heterocycles. The number of halogens is 2. The van der Waals surface area contributed by atoms with Crippen molar-refractivity contribution in [2.24, 2.45) is 0 Å². The summed E-state index contributed by atoms with van der Waals surface area (Å²) in [6.45, 7) is 6.93. The normalized spacial score (nSPS) is 12.7. The molecule has 2 aromatic carbocycles. The molecule has 0 bridgehead atoms. The van der Waals surface area contributed by atoms with Crippen molar-refractivity contribution in [2.75, 3.05) is 17.1 Å². The average molecular weight is 603 g/mol. The van der Waals surface area contributed by atoms with E-state index < -0.39 is 34.1 Å². The molecular weight excluding hydrogens is 574 g/mol. The number of nitrogens with zero attached hydrogens (tertiary/aromatic N) is 2. The van der Waals surface area contributed by atoms with Crippen molar-refractivity contribution in [1.29, 1.82) is 0 Å². The molecule has 0 aliphatic carbocycles. The molecule has 33 heavy (non-hydrogen) atoms. The van der Waals surface area contributed by atoms with Crippen molar-refractivity contribution in [1.82, 2.24) is 10.2 Å². The lowest BCUT2D eigenvalue weighted by Gasteiger charge is -2.33. The Morgan fingerprint density at radius 3 is 2.15 bits per heavy atom. The number of hydrogen-bond acceptors (Lipinski definition) is 4. The van der Waals surface area contributed by atoms with Crippen LogP contribution in [0.1, 0.15) is 33.3 Å². The minimum Gasteiger partial charge on any atom is -0.350 e. The van der Waals surface area contributed by atoms with Crippen LogP contribution in [0.2, 0.25) is 0 Å². The number of nitrogens with one attached hydrogen (secondary N) is 1. The first-order valence-corrected chi connectivity index (χ1v) is 13.7. The number of carbonyl (C=O) groups is 2. The van der Waals surface area contributed by atoms with E-state index in [-0.39, 0.29) is 12.5 Å². The zero-order chi connectivity index (χ0) is 25.0. The number of hydrogen-bond donors (Lipinski definition) is 1. The van der Waals surface area contributed by atoms with Crippen LogP contribution in [0.5, 0.6) is 0 Å². The maximum atomic E-state index is 13.5. The quantitative estimate of drug-likeness (QED) is 0.488. The molecule has 0 saturated carbocycles. The topological polar surface area (TPSA) is 86.8 Å². The second kappa shape index (κ2) is 11.0. The van der Waals surface area contributed by atoms with Gasteiger partial charge in [0, 0.05) is 21.0 Å². The molecule has 1 N–H and O–H groups in total. The third-order valence-electron chi connectivity index (χ3n) is 4.70. The standard InChI is InChI=1S/C23H29Br2N3O4S/c1-16(22(30)26-23(2,3)4)27(14-17-7-6-8-19(25)13-17)21(29)15-28(33(5,31)32)20-11-9-18(24)10-12-20/h6-13,16H,14-15H2,1-5H3,(H,26,30). The molecule has 1 unspecified atom stereocenters. The van der Waals surface area contributed by atoms with Crippen molar-refractivity contribution in [3.8, 4) is 0 Å². The van der Waals surface area contributed by atoms with Gasteiger partial charge in [0.2, 0.25) is 21.8 Å². The van der Waals surface area contributed by atoms with Crippen molar-refractivity contribution in [3.05, 3.63) is 63.0 Å². The Hall–Kier alpha value is -1.91. The highest BCUT2D eigenvalue weighted by Crippen LogP contribution is 2.22. The molecule has 7 nitrogen and oxygen atoms in total. The average Bonchev–Trinajstić information content (AvgIpc) is 2.68. The summed E-state index contributed by atoms with van der Waals surface area (Å²) in [7, 11) is -3.75. The molecule has 2 amide bonds. The Labute approximate surface area is 212 Å². The van der Waals surface area contributed by atoms with Crippen LogP contribution < -0.4 is 9.62 Å². The summed E-state index contributed by atoms with van der Waals surface area (Å²) in [4.78, 5) is 27.8. The van der Waals surface area contributed by atoms with Gasteiger partial charge in [-0.05, 0) is 69.7 Å². The van der Waals surface area contributed by atoms with Crippen LogP contribution in [-0.2, 0) is 26.2 Å². The second-order valence-corrected chi connectivity index (χ2v) is 12.6. The van der Waals surface area contributed by atoms with Crippen molar-refractivity contribution < 1.29 is 18.0 Å². The fourth-order valence-corrected chi connectivity index (χ4v) is 4.67. The van der Waals surface area contributed by atoms with Crippen LogP contribution in [0, 0.1) is 0 Å². The molecule has 1 atom stereocenters. The van der Waals surface area contributed by atoms with Crippen molar-refractivity contribution in [3.63, 3.8) is 0 Å². The van der Waals surface area contributed by atoms with Gasteiger partial charge in [-0.25, -0.2) is 8.42 Å². The third-order valence-corrected chi connectivity index (χ3v) is 6.86. The summed E-state index contributed by atoms with van der Waals surface area (Å²) < 4.78 is 27.7. The first-order valence-electron chi connectivity index (χ1n) is 10.3. The van der Waals surface area contributed by atoms with Crippen LogP contribution >= 0.6 is 31.9 Å². The summed E-state index contributed by atoms with van der Waals surface area (Å²) in [5, 5.41) is 2.89. The Balaban J connectivity index is 2.39. The van der Waals surface area contributed by atoms with Gasteiger partial charge in [-0.3, -0.25) is 13.9 Å². The van der Waals surface area contributed by atoms with E-state index in [0.29, 0.717) is 5.69 Å². The van der Waals surface area contributed by atoms with E-state index in [0.717, 1.165) is 25.1 Å². The molecule has 0 spiro atoms. The number of benzene rings is 2. The molecule has 0 aromatic heterocycles. The molecule has 180 valence electrons. The molecule has 0 radical (unpaired) electrons. The first-order chi connectivity index (χ1) is 15.2. The first kappa shape index (κ1) is 27.3. The zero-order valence-corrected chi connectivity index (χ0v) is 23.3. The van der Waals surface area contributed by atoms with E-state index in [1.54, 1.807) is 31.2 Å². The highest BCUT2D eigenvalue weighted by molar-refractivity contribution is 9.10. The van der Waals surface area contributed by atoms with E-state index in [2.05, 4.69) is 37.2 Å². The van der Waals surface area contributed by atoms with Gasteiger partial charge in [0.1, 0.15) is 12.6 Å². The van der Waals surface area contributed by atoms with Gasteiger partial charge in [0.05, 0.1) is 11.9 Å². The second-order valence-electron chi connectivity index (χ2n) is 8.81. The number of anilines is 1. The number of sulfonamides is 1. The van der Waals surface area contributed by atoms with Crippen LogP contribution in [0.4, 0.5) is 5.69 Å². The van der Waals surface area contributed by atoms with Crippen LogP contribution in [-0.4, -0.2) is 49.5 Å². The Morgan fingerprint density at radius 1 is 1.03 bits per heavy atom. The van der Waals surface area contributed by atoms with Gasteiger partial charge in [-0.15, -0.1) is 0 Å². The van der Waals surface area contributed by atoms with E-state index >= 15 is 0 Å².